The third kappa shape index (κ3) is 6.72. The Balaban J connectivity index is 1.11. The summed E-state index contributed by atoms with van der Waals surface area (Å²) in [5, 5.41) is 8.53. The Hall–Kier alpha value is -7.04. The van der Waals surface area contributed by atoms with Gasteiger partial charge in [0.2, 0.25) is 0 Å². The number of hydrogen-bond donors (Lipinski definition) is 0. The fourth-order valence-corrected chi connectivity index (χ4v) is 11.8. The quantitative estimate of drug-likeness (QED) is 0.107. The number of hydrogen-bond acceptors (Lipinski definition) is 4. The molecule has 0 unspecified atom stereocenters. The lowest BCUT2D eigenvalue weighted by Crippen LogP contribution is -2.36. The summed E-state index contributed by atoms with van der Waals surface area (Å²) < 4.78 is 14.5. The Morgan fingerprint density at radius 3 is 1.45 bits per heavy atom. The van der Waals surface area contributed by atoms with E-state index in [9.17, 15) is 0 Å². The highest BCUT2D eigenvalue weighted by Crippen LogP contribution is 2.52. The molecule has 0 spiro atoms. The van der Waals surface area contributed by atoms with Crippen LogP contribution in [-0.2, 0) is 0 Å². The Bertz CT molecular complexity index is 3360. The number of nitrogens with zero attached hydrogens (tertiary/aromatic N) is 2. The van der Waals surface area contributed by atoms with Gasteiger partial charge < -0.3 is 18.6 Å². The average Bonchev–Trinajstić information content (AvgIpc) is 3.94. The highest BCUT2D eigenvalue weighted by Gasteiger charge is 2.34. The molecule has 0 saturated heterocycles. The maximum absolute atomic E-state index is 7.23. The molecule has 0 aliphatic heterocycles. The molecule has 0 atom stereocenters. The van der Waals surface area contributed by atoms with Gasteiger partial charge in [-0.2, -0.15) is 0 Å². The predicted octanol–water partition coefficient (Wildman–Crippen LogP) is 18.0. The first kappa shape index (κ1) is 40.5. The van der Waals surface area contributed by atoms with Crippen LogP contribution in [0.2, 0.25) is 0 Å². The van der Waals surface area contributed by atoms with Crippen LogP contribution in [-0.4, -0.2) is 12.1 Å². The second-order valence-corrected chi connectivity index (χ2v) is 18.7. The first-order valence-corrected chi connectivity index (χ1v) is 24.4. The lowest BCUT2D eigenvalue weighted by molar-refractivity contribution is 0.435. The highest BCUT2D eigenvalue weighted by molar-refractivity contribution is 6.23. The SMILES string of the molecule is C/C=C(\c1oc2c(-c3ccccc3)cccc2c1C)N(c1c2ccccc2c(N(c2cccc3c2oc2c(-c4ccccc4)cccc23)C2CCCCC2)c2ccccc12)C1CCCCC1. The van der Waals surface area contributed by atoms with E-state index in [-0.39, 0.29) is 0 Å². The molecule has 2 saturated carbocycles. The van der Waals surface area contributed by atoms with E-state index < -0.39 is 0 Å². The molecule has 0 radical (unpaired) electrons. The van der Waals surface area contributed by atoms with Gasteiger partial charge in [0.15, 0.2) is 11.3 Å². The Morgan fingerprint density at radius 1 is 0.439 bits per heavy atom. The van der Waals surface area contributed by atoms with Gasteiger partial charge in [0, 0.05) is 66.5 Å². The minimum Gasteiger partial charge on any atom is -0.454 e. The zero-order valence-electron chi connectivity index (χ0n) is 38.1. The third-order valence-electron chi connectivity index (χ3n) is 14.9. The number of aryl methyl sites for hydroxylation is 1. The van der Waals surface area contributed by atoms with Gasteiger partial charge in [0.25, 0.3) is 0 Å². The summed E-state index contributed by atoms with van der Waals surface area (Å²) in [5.41, 5.74) is 13.4. The summed E-state index contributed by atoms with van der Waals surface area (Å²) in [6.07, 6.45) is 14.2. The predicted molar refractivity (Wildman–Crippen MR) is 279 cm³/mol. The van der Waals surface area contributed by atoms with E-state index in [0.29, 0.717) is 12.1 Å². The molecule has 326 valence electrons. The van der Waals surface area contributed by atoms with E-state index in [2.05, 4.69) is 194 Å². The van der Waals surface area contributed by atoms with Crippen molar-refractivity contribution in [1.82, 2.24) is 0 Å². The van der Waals surface area contributed by atoms with Crippen LogP contribution in [0.3, 0.4) is 0 Å². The molecule has 0 bridgehead atoms. The van der Waals surface area contributed by atoms with Crippen molar-refractivity contribution in [2.24, 2.45) is 0 Å². The van der Waals surface area contributed by atoms with Gasteiger partial charge in [-0.1, -0.05) is 202 Å². The first-order chi connectivity index (χ1) is 32.7. The van der Waals surface area contributed by atoms with Gasteiger partial charge >= 0.3 is 0 Å². The topological polar surface area (TPSA) is 32.8 Å². The van der Waals surface area contributed by atoms with Gasteiger partial charge in [-0.3, -0.25) is 0 Å². The molecule has 66 heavy (non-hydrogen) atoms. The van der Waals surface area contributed by atoms with Gasteiger partial charge in [-0.05, 0) is 56.7 Å². The van der Waals surface area contributed by atoms with Crippen molar-refractivity contribution >= 4 is 77.2 Å². The van der Waals surface area contributed by atoms with Gasteiger partial charge in [-0.25, -0.2) is 0 Å². The number of benzene rings is 8. The number of furan rings is 2. The van der Waals surface area contributed by atoms with E-state index >= 15 is 0 Å². The van der Waals surface area contributed by atoms with Gasteiger partial charge in [0.1, 0.15) is 11.2 Å². The van der Waals surface area contributed by atoms with Crippen LogP contribution < -0.4 is 9.80 Å². The fourth-order valence-electron chi connectivity index (χ4n) is 11.8. The molecule has 4 heteroatoms. The summed E-state index contributed by atoms with van der Waals surface area (Å²) in [6, 6.07) is 60.5. The summed E-state index contributed by atoms with van der Waals surface area (Å²) >= 11 is 0. The highest BCUT2D eigenvalue weighted by atomic mass is 16.3. The van der Waals surface area contributed by atoms with E-state index in [1.165, 1.54) is 82.6 Å². The van der Waals surface area contributed by atoms with Crippen molar-refractivity contribution in [1.29, 1.82) is 0 Å². The van der Waals surface area contributed by atoms with Crippen molar-refractivity contribution in [2.75, 3.05) is 9.80 Å². The van der Waals surface area contributed by atoms with Crippen molar-refractivity contribution in [3.05, 3.63) is 181 Å². The van der Waals surface area contributed by atoms with Crippen LogP contribution in [0.25, 0.3) is 82.4 Å². The summed E-state index contributed by atoms with van der Waals surface area (Å²) in [5.74, 6) is 0.953. The maximum Gasteiger partial charge on any atom is 0.159 e. The van der Waals surface area contributed by atoms with Crippen LogP contribution in [0.4, 0.5) is 17.1 Å². The Labute approximate surface area is 387 Å². The second-order valence-electron chi connectivity index (χ2n) is 18.7. The molecule has 2 aliphatic carbocycles. The molecular weight excluding hydrogens is 805 g/mol. The molecular formula is C62H56N2O2. The molecule has 2 heterocycles. The van der Waals surface area contributed by atoms with Crippen molar-refractivity contribution in [3.63, 3.8) is 0 Å². The normalized spacial score (nSPS) is 15.4. The molecule has 0 amide bonds. The molecule has 8 aromatic carbocycles. The minimum atomic E-state index is 0.307. The first-order valence-electron chi connectivity index (χ1n) is 24.4. The van der Waals surface area contributed by atoms with Crippen molar-refractivity contribution in [3.8, 4) is 22.3 Å². The largest absolute Gasteiger partial charge is 0.454 e. The fraction of sp³-hybridized carbons (Fsp3) is 0.226. The number of allylic oxidation sites excluding steroid dienone is 1. The summed E-state index contributed by atoms with van der Waals surface area (Å²) in [6.45, 7) is 4.46. The summed E-state index contributed by atoms with van der Waals surface area (Å²) in [4.78, 5) is 5.44. The van der Waals surface area contributed by atoms with Crippen molar-refractivity contribution < 1.29 is 8.83 Å². The number of fused-ring (bicyclic) bond motifs is 6. The zero-order valence-corrected chi connectivity index (χ0v) is 38.1. The molecule has 0 N–H and O–H groups in total. The van der Waals surface area contributed by atoms with Crippen LogP contribution in [0.1, 0.15) is 82.5 Å². The van der Waals surface area contributed by atoms with Crippen LogP contribution in [0.5, 0.6) is 0 Å². The van der Waals surface area contributed by atoms with E-state index in [4.69, 9.17) is 8.83 Å². The number of para-hydroxylation sites is 3. The number of rotatable bonds is 9. The number of anilines is 3. The lowest BCUT2D eigenvalue weighted by Gasteiger charge is -2.41. The smallest absolute Gasteiger partial charge is 0.159 e. The second kappa shape index (κ2) is 17.1. The zero-order chi connectivity index (χ0) is 44.1. The minimum absolute atomic E-state index is 0.307. The van der Waals surface area contributed by atoms with E-state index in [1.54, 1.807) is 0 Å². The summed E-state index contributed by atoms with van der Waals surface area (Å²) in [7, 11) is 0. The molecule has 2 aromatic heterocycles. The van der Waals surface area contributed by atoms with Crippen LogP contribution >= 0.6 is 0 Å². The van der Waals surface area contributed by atoms with Gasteiger partial charge in [-0.15, -0.1) is 0 Å². The molecule has 12 rings (SSSR count). The van der Waals surface area contributed by atoms with Crippen molar-refractivity contribution in [2.45, 2.75) is 90.1 Å². The maximum atomic E-state index is 7.23. The Kier molecular flexibility index (Phi) is 10.5. The third-order valence-corrected chi connectivity index (χ3v) is 14.9. The van der Waals surface area contributed by atoms with E-state index in [1.807, 2.05) is 0 Å². The molecule has 10 aromatic rings. The Morgan fingerprint density at radius 2 is 0.894 bits per heavy atom. The van der Waals surface area contributed by atoms with Crippen LogP contribution in [0.15, 0.2) is 179 Å². The monoisotopic (exact) mass is 860 g/mol. The lowest BCUT2D eigenvalue weighted by atomic mass is 9.88. The molecule has 4 nitrogen and oxygen atoms in total. The molecule has 2 fully saturated rings. The standard InChI is InChI=1S/C62H56N2O2/c1-3-55(59-41(2)46-35-20-36-47(60(46)65-59)42-23-8-4-9-24-42)63(44-27-12-6-13-28-44)57-49-31-16-18-33-51(49)58(52-34-19-17-32-50(52)57)64(45-29-14-7-15-30-45)56-40-22-39-54-53-38-21-37-48(61(53)66-62(54)56)43-25-10-5-11-26-43/h3-5,8-11,16-26,31-40,44-45H,6-7,12-15,27-30H2,1-2H3/b55-3+. The van der Waals surface area contributed by atoms with E-state index in [0.717, 1.165) is 92.4 Å². The van der Waals surface area contributed by atoms with Gasteiger partial charge in [0.05, 0.1) is 22.8 Å². The van der Waals surface area contributed by atoms with Crippen LogP contribution in [0, 0.1) is 6.92 Å². The average molecular weight is 861 g/mol. The molecule has 2 aliphatic rings.